The van der Waals surface area contributed by atoms with Crippen LogP contribution in [0.4, 0.5) is 23.2 Å². The second-order valence-corrected chi connectivity index (χ2v) is 10.7. The number of thioether (sulfide) groups is 1. The molecule has 10 heteroatoms. The maximum Gasteiger partial charge on any atom is 0.252 e. The van der Waals surface area contributed by atoms with Crippen LogP contribution in [0.3, 0.4) is 0 Å². The molecular weight excluding hydrogens is 544 g/mol. The highest BCUT2D eigenvalue weighted by Crippen LogP contribution is 2.47. The number of phenols is 1. The molecule has 1 aliphatic rings. The summed E-state index contributed by atoms with van der Waals surface area (Å²) in [6.07, 6.45) is -0.920. The zero-order valence-electron chi connectivity index (χ0n) is 21.4. The summed E-state index contributed by atoms with van der Waals surface area (Å²) >= 11 is 1.27. The van der Waals surface area contributed by atoms with E-state index in [1.54, 1.807) is 29.2 Å². The van der Waals surface area contributed by atoms with Gasteiger partial charge in [-0.15, -0.1) is 11.8 Å². The Bertz CT molecular complexity index is 1580. The van der Waals surface area contributed by atoms with Gasteiger partial charge in [0.1, 0.15) is 16.8 Å². The van der Waals surface area contributed by atoms with Crippen LogP contribution in [0.15, 0.2) is 66.7 Å². The summed E-state index contributed by atoms with van der Waals surface area (Å²) in [6, 6.07) is 16.1. The highest BCUT2D eigenvalue weighted by Gasteiger charge is 2.49. The molecule has 0 aliphatic carbocycles. The fourth-order valence-corrected chi connectivity index (χ4v) is 6.21. The lowest BCUT2D eigenvalue weighted by atomic mass is 9.89. The van der Waals surface area contributed by atoms with E-state index in [1.807, 2.05) is 6.92 Å². The van der Waals surface area contributed by atoms with Crippen LogP contribution in [0, 0.1) is 37.2 Å². The summed E-state index contributed by atoms with van der Waals surface area (Å²) in [4.78, 5) is 18.4. The van der Waals surface area contributed by atoms with Crippen LogP contribution in [-0.4, -0.2) is 32.1 Å². The number of hydrogen-bond acceptors (Lipinski definition) is 5. The van der Waals surface area contributed by atoms with Crippen LogP contribution in [0.2, 0.25) is 0 Å². The van der Waals surface area contributed by atoms with Gasteiger partial charge < -0.3 is 15.1 Å². The first-order valence-electron chi connectivity index (χ1n) is 12.4. The molecule has 3 aromatic carbocycles. The third-order valence-corrected chi connectivity index (χ3v) is 8.29. The summed E-state index contributed by atoms with van der Waals surface area (Å²) in [6.45, 7) is 3.19. The number of aromatic hydroxyl groups is 1. The van der Waals surface area contributed by atoms with Crippen LogP contribution in [0.25, 0.3) is 11.1 Å². The Hall–Kier alpha value is -3.89. The van der Waals surface area contributed by atoms with Crippen molar-refractivity contribution in [2.24, 2.45) is 0 Å². The van der Waals surface area contributed by atoms with Crippen molar-refractivity contribution in [3.05, 3.63) is 113 Å². The third kappa shape index (κ3) is 5.04. The predicted octanol–water partition coefficient (Wildman–Crippen LogP) is 6.55. The molecule has 0 radical (unpaired) electrons. The van der Waals surface area contributed by atoms with Crippen LogP contribution in [-0.2, 0) is 4.79 Å². The highest BCUT2D eigenvalue weighted by molar-refractivity contribution is 8.00. The van der Waals surface area contributed by atoms with E-state index in [0.29, 0.717) is 11.3 Å². The fourth-order valence-electron chi connectivity index (χ4n) is 4.92. The van der Waals surface area contributed by atoms with Gasteiger partial charge in [-0.3, -0.25) is 4.79 Å². The van der Waals surface area contributed by atoms with Gasteiger partial charge in [-0.05, 0) is 72.5 Å². The monoisotopic (exact) mass is 568 g/mol. The third-order valence-electron chi connectivity index (χ3n) is 6.96. The zero-order chi connectivity index (χ0) is 28.7. The van der Waals surface area contributed by atoms with Crippen molar-refractivity contribution in [2.75, 3.05) is 10.7 Å². The van der Waals surface area contributed by atoms with E-state index >= 15 is 0 Å². The number of amides is 1. The normalized spacial score (nSPS) is 17.6. The van der Waals surface area contributed by atoms with E-state index in [9.17, 15) is 32.6 Å². The van der Waals surface area contributed by atoms with E-state index in [-0.39, 0.29) is 34.2 Å². The number of phenolic OH excluding ortho intramolecular Hbond substituents is 1. The Labute approximate surface area is 232 Å². The molecule has 2 heterocycles. The predicted molar refractivity (Wildman–Crippen MR) is 145 cm³/mol. The molecule has 5 nitrogen and oxygen atoms in total. The molecule has 5 rings (SSSR count). The fraction of sp³-hybridized carbons (Fsp3) is 0.200. The van der Waals surface area contributed by atoms with E-state index in [4.69, 9.17) is 0 Å². The van der Waals surface area contributed by atoms with Crippen molar-refractivity contribution in [2.45, 2.75) is 31.2 Å². The largest absolute Gasteiger partial charge is 0.508 e. The van der Waals surface area contributed by atoms with Gasteiger partial charge in [0.15, 0.2) is 5.82 Å². The quantitative estimate of drug-likeness (QED) is 0.150. The molecule has 3 atom stereocenters. The van der Waals surface area contributed by atoms with Crippen molar-refractivity contribution >= 4 is 23.4 Å². The van der Waals surface area contributed by atoms with Gasteiger partial charge in [-0.1, -0.05) is 30.3 Å². The van der Waals surface area contributed by atoms with Crippen LogP contribution < -0.4 is 4.90 Å². The number of aliphatic hydroxyl groups is 1. The standard InChI is InChI=1S/C30H24F4N2O3S/c1-15-13-21(37)11-12-22(15)27-28(40-14-23(38)17-3-7-19(31)8-4-17)30(39)36(27)20-9-5-18(6-10-20)24-16(2)35-29(34)26(33)25(24)32/h3-13,23,27-28,37-38H,14H2,1-2H3/t23-,27+,28+/m0/s1. The molecule has 1 saturated heterocycles. The van der Waals surface area contributed by atoms with Crippen molar-refractivity contribution in [3.8, 4) is 16.9 Å². The Morgan fingerprint density at radius 1 is 0.950 bits per heavy atom. The van der Waals surface area contributed by atoms with Gasteiger partial charge in [-0.2, -0.15) is 8.78 Å². The molecule has 1 aromatic heterocycles. The van der Waals surface area contributed by atoms with Gasteiger partial charge in [0.2, 0.25) is 11.7 Å². The first kappa shape index (κ1) is 27.7. The molecule has 0 spiro atoms. The minimum absolute atomic E-state index is 0.0158. The summed E-state index contributed by atoms with van der Waals surface area (Å²) in [5.41, 5.74) is 2.66. The molecule has 1 aliphatic heterocycles. The smallest absolute Gasteiger partial charge is 0.252 e. The molecule has 0 unspecified atom stereocenters. The molecule has 40 heavy (non-hydrogen) atoms. The molecule has 0 saturated carbocycles. The van der Waals surface area contributed by atoms with Crippen LogP contribution in [0.5, 0.6) is 5.75 Å². The first-order chi connectivity index (χ1) is 19.1. The second kappa shape index (κ2) is 10.9. The van der Waals surface area contributed by atoms with Crippen LogP contribution >= 0.6 is 11.8 Å². The number of aromatic nitrogens is 1. The lowest BCUT2D eigenvalue weighted by Crippen LogP contribution is -2.58. The molecule has 0 bridgehead atoms. The number of anilines is 1. The van der Waals surface area contributed by atoms with E-state index in [0.717, 1.165) is 11.1 Å². The number of nitrogens with zero attached hydrogens (tertiary/aromatic N) is 2. The van der Waals surface area contributed by atoms with Crippen molar-refractivity contribution in [1.29, 1.82) is 0 Å². The van der Waals surface area contributed by atoms with Gasteiger partial charge in [0, 0.05) is 17.0 Å². The lowest BCUT2D eigenvalue weighted by Gasteiger charge is -2.47. The zero-order valence-corrected chi connectivity index (χ0v) is 22.2. The topological polar surface area (TPSA) is 73.7 Å². The number of carbonyl (C=O) groups is 1. The Morgan fingerprint density at radius 3 is 2.27 bits per heavy atom. The van der Waals surface area contributed by atoms with E-state index in [1.165, 1.54) is 61.2 Å². The molecule has 1 fully saturated rings. The Kier molecular flexibility index (Phi) is 7.57. The average molecular weight is 569 g/mol. The maximum absolute atomic E-state index is 14.5. The Morgan fingerprint density at radius 2 is 1.62 bits per heavy atom. The SMILES string of the molecule is Cc1cc(O)ccc1[C@@H]1[C@@H](SC[C@H](O)c2ccc(F)cc2)C(=O)N1c1ccc(-c2c(C)nc(F)c(F)c2F)cc1. The minimum atomic E-state index is -1.66. The van der Waals surface area contributed by atoms with Gasteiger partial charge in [0.25, 0.3) is 5.95 Å². The summed E-state index contributed by atoms with van der Waals surface area (Å²) < 4.78 is 55.2. The number of pyridine rings is 1. The highest BCUT2D eigenvalue weighted by atomic mass is 32.2. The van der Waals surface area contributed by atoms with Crippen molar-refractivity contribution in [1.82, 2.24) is 4.98 Å². The van der Waals surface area contributed by atoms with E-state index < -0.39 is 40.8 Å². The van der Waals surface area contributed by atoms with Crippen molar-refractivity contribution in [3.63, 3.8) is 0 Å². The molecule has 1 amide bonds. The van der Waals surface area contributed by atoms with E-state index in [2.05, 4.69) is 4.98 Å². The molecule has 4 aromatic rings. The number of benzene rings is 3. The average Bonchev–Trinajstić information content (AvgIpc) is 2.92. The second-order valence-electron chi connectivity index (χ2n) is 9.55. The van der Waals surface area contributed by atoms with Gasteiger partial charge in [-0.25, -0.2) is 13.8 Å². The number of halogens is 4. The number of aliphatic hydroxyl groups excluding tert-OH is 1. The van der Waals surface area contributed by atoms with Crippen LogP contribution in [0.1, 0.15) is 34.5 Å². The van der Waals surface area contributed by atoms with Gasteiger partial charge in [0.05, 0.1) is 17.8 Å². The number of rotatable bonds is 7. The number of carbonyl (C=O) groups excluding carboxylic acids is 1. The maximum atomic E-state index is 14.5. The number of β-lactam (4-membered cyclic amide) rings is 1. The van der Waals surface area contributed by atoms with Crippen molar-refractivity contribution < 1.29 is 32.6 Å². The number of aryl methyl sites for hydroxylation is 2. The Balaban J connectivity index is 1.44. The first-order valence-corrected chi connectivity index (χ1v) is 13.4. The minimum Gasteiger partial charge on any atom is -0.508 e. The molecule has 2 N–H and O–H groups in total. The number of hydrogen-bond donors (Lipinski definition) is 2. The summed E-state index contributed by atoms with van der Waals surface area (Å²) in [5.74, 6) is -4.89. The molecular formula is C30H24F4N2O3S. The van der Waals surface area contributed by atoms with Gasteiger partial charge >= 0.3 is 0 Å². The molecule has 206 valence electrons. The summed E-state index contributed by atoms with van der Waals surface area (Å²) in [5, 5.41) is 20.0. The summed E-state index contributed by atoms with van der Waals surface area (Å²) in [7, 11) is 0. The lowest BCUT2D eigenvalue weighted by molar-refractivity contribution is -0.123.